The number of nitrogens with one attached hydrogen (secondary N) is 1. The summed E-state index contributed by atoms with van der Waals surface area (Å²) in [5, 5.41) is 3.08. The lowest BCUT2D eigenvalue weighted by Crippen LogP contribution is -2.44. The topological polar surface area (TPSA) is 60.3 Å². The summed E-state index contributed by atoms with van der Waals surface area (Å²) in [6.07, 6.45) is 4.02. The van der Waals surface area contributed by atoms with Crippen molar-refractivity contribution in [3.05, 3.63) is 33.7 Å². The summed E-state index contributed by atoms with van der Waals surface area (Å²) in [6.45, 7) is 0.688. The van der Waals surface area contributed by atoms with Gasteiger partial charge in [0.2, 0.25) is 11.5 Å². The number of carbonyl (C=O) groups is 1. The summed E-state index contributed by atoms with van der Waals surface area (Å²) >= 11 is 0. The summed E-state index contributed by atoms with van der Waals surface area (Å²) in [5.74, 6) is 0.0146. The molecule has 0 aromatic carbocycles. The number of hydrogen-bond donors (Lipinski definition) is 1. The van der Waals surface area contributed by atoms with E-state index in [1.807, 2.05) is 13.1 Å². The van der Waals surface area contributed by atoms with Crippen LogP contribution < -0.4 is 10.9 Å². The van der Waals surface area contributed by atoms with E-state index >= 15 is 0 Å². The predicted octanol–water partition coefficient (Wildman–Crippen LogP) is 0.538. The molecule has 1 amide bonds. The Morgan fingerprint density at radius 1 is 1.40 bits per heavy atom. The number of hydrogen-bond acceptors (Lipinski definition) is 3. The van der Waals surface area contributed by atoms with E-state index in [0.29, 0.717) is 6.61 Å². The van der Waals surface area contributed by atoms with Crippen LogP contribution in [0.25, 0.3) is 0 Å². The largest absolute Gasteiger partial charge is 0.368 e. The van der Waals surface area contributed by atoms with Crippen LogP contribution in [-0.4, -0.2) is 29.2 Å². The first-order valence-electron chi connectivity index (χ1n) is 7.25. The molecular formula is C15H20N2O3. The third-order valence-electron chi connectivity index (χ3n) is 4.30. The van der Waals surface area contributed by atoms with Crippen LogP contribution in [0, 0.1) is 0 Å². The molecule has 1 fully saturated rings. The van der Waals surface area contributed by atoms with Gasteiger partial charge in [0.25, 0.3) is 0 Å². The Bertz CT molecular complexity index is 573. The lowest BCUT2D eigenvalue weighted by Gasteiger charge is -2.27. The standard InChI is InChI=1S/C15H20N2O3/c1-17-12-6-5-11(9-10(12)4-7-14(17)18)16-15(19)13-3-2-8-20-13/h4,7,11,13H,2-3,5-6,8-9H2,1H3,(H,16,19)/t11?,13-/m0/s1. The molecule has 3 rings (SSSR count). The molecule has 1 saturated heterocycles. The highest BCUT2D eigenvalue weighted by Crippen LogP contribution is 2.20. The first kappa shape index (κ1) is 13.4. The van der Waals surface area contributed by atoms with Crippen molar-refractivity contribution in [3.63, 3.8) is 0 Å². The second kappa shape index (κ2) is 5.40. The third-order valence-corrected chi connectivity index (χ3v) is 4.30. The molecule has 20 heavy (non-hydrogen) atoms. The Balaban J connectivity index is 1.68. The zero-order valence-corrected chi connectivity index (χ0v) is 11.7. The van der Waals surface area contributed by atoms with E-state index in [1.54, 1.807) is 10.6 Å². The van der Waals surface area contributed by atoms with Gasteiger partial charge in [0.05, 0.1) is 0 Å². The maximum atomic E-state index is 12.1. The van der Waals surface area contributed by atoms with E-state index in [1.165, 1.54) is 0 Å². The first-order chi connectivity index (χ1) is 9.65. The first-order valence-corrected chi connectivity index (χ1v) is 7.25. The molecule has 5 nitrogen and oxygen atoms in total. The molecule has 0 spiro atoms. The van der Waals surface area contributed by atoms with Gasteiger partial charge in [-0.25, -0.2) is 0 Å². The molecule has 1 aliphatic carbocycles. The lowest BCUT2D eigenvalue weighted by molar-refractivity contribution is -0.130. The molecule has 1 N–H and O–H groups in total. The highest BCUT2D eigenvalue weighted by molar-refractivity contribution is 5.81. The Hall–Kier alpha value is -1.62. The van der Waals surface area contributed by atoms with Gasteiger partial charge in [-0.3, -0.25) is 9.59 Å². The number of nitrogens with zero attached hydrogens (tertiary/aromatic N) is 1. The molecule has 1 aromatic rings. The summed E-state index contributed by atoms with van der Waals surface area (Å²) in [4.78, 5) is 23.7. The minimum absolute atomic E-state index is 0.0146. The van der Waals surface area contributed by atoms with Gasteiger partial charge in [-0.05, 0) is 37.7 Å². The van der Waals surface area contributed by atoms with E-state index in [9.17, 15) is 9.59 Å². The maximum Gasteiger partial charge on any atom is 0.250 e. The van der Waals surface area contributed by atoms with Gasteiger partial charge in [0, 0.05) is 31.5 Å². The average Bonchev–Trinajstić information content (AvgIpc) is 2.97. The number of fused-ring (bicyclic) bond motifs is 1. The summed E-state index contributed by atoms with van der Waals surface area (Å²) in [5.41, 5.74) is 2.29. The highest BCUT2D eigenvalue weighted by atomic mass is 16.5. The van der Waals surface area contributed by atoms with Gasteiger partial charge in [-0.2, -0.15) is 0 Å². The second-order valence-electron chi connectivity index (χ2n) is 5.65. The second-order valence-corrected chi connectivity index (χ2v) is 5.65. The molecule has 1 unspecified atom stereocenters. The predicted molar refractivity (Wildman–Crippen MR) is 74.6 cm³/mol. The van der Waals surface area contributed by atoms with E-state index in [2.05, 4.69) is 5.32 Å². The number of aromatic nitrogens is 1. The number of amides is 1. The van der Waals surface area contributed by atoms with Crippen molar-refractivity contribution in [1.29, 1.82) is 0 Å². The zero-order chi connectivity index (χ0) is 14.1. The number of rotatable bonds is 2. The molecule has 0 saturated carbocycles. The highest BCUT2D eigenvalue weighted by Gasteiger charge is 2.27. The molecule has 2 aliphatic rings. The van der Waals surface area contributed by atoms with Crippen molar-refractivity contribution in [2.45, 2.75) is 44.2 Å². The molecule has 5 heteroatoms. The van der Waals surface area contributed by atoms with Crippen LogP contribution in [0.15, 0.2) is 16.9 Å². The van der Waals surface area contributed by atoms with Crippen LogP contribution in [0.1, 0.15) is 30.5 Å². The maximum absolute atomic E-state index is 12.1. The average molecular weight is 276 g/mol. The van der Waals surface area contributed by atoms with Crippen LogP contribution in [-0.2, 0) is 29.4 Å². The van der Waals surface area contributed by atoms with Gasteiger partial charge < -0.3 is 14.6 Å². The van der Waals surface area contributed by atoms with Crippen molar-refractivity contribution in [2.75, 3.05) is 6.61 Å². The normalized spacial score (nSPS) is 25.2. The molecule has 0 radical (unpaired) electrons. The monoisotopic (exact) mass is 276 g/mol. The van der Waals surface area contributed by atoms with Gasteiger partial charge in [-0.15, -0.1) is 0 Å². The Morgan fingerprint density at radius 3 is 3.00 bits per heavy atom. The molecule has 2 heterocycles. The van der Waals surface area contributed by atoms with E-state index in [4.69, 9.17) is 4.74 Å². The van der Waals surface area contributed by atoms with E-state index in [-0.39, 0.29) is 23.6 Å². The number of pyridine rings is 1. The molecule has 1 aliphatic heterocycles. The summed E-state index contributed by atoms with van der Waals surface area (Å²) in [7, 11) is 1.81. The number of carbonyl (C=O) groups excluding carboxylic acids is 1. The molecule has 1 aromatic heterocycles. The third kappa shape index (κ3) is 2.50. The SMILES string of the molecule is Cn1c2c(ccc1=O)CC(NC(=O)[C@@H]1CCCO1)CC2. The number of ether oxygens (including phenoxy) is 1. The lowest BCUT2D eigenvalue weighted by atomic mass is 9.91. The van der Waals surface area contributed by atoms with Crippen LogP contribution in [0.5, 0.6) is 0 Å². The van der Waals surface area contributed by atoms with E-state index in [0.717, 1.165) is 43.4 Å². The smallest absolute Gasteiger partial charge is 0.250 e. The quantitative estimate of drug-likeness (QED) is 0.857. The van der Waals surface area contributed by atoms with E-state index < -0.39 is 0 Å². The van der Waals surface area contributed by atoms with Gasteiger partial charge >= 0.3 is 0 Å². The minimum Gasteiger partial charge on any atom is -0.368 e. The van der Waals surface area contributed by atoms with Crippen molar-refractivity contribution < 1.29 is 9.53 Å². The fourth-order valence-electron chi connectivity index (χ4n) is 3.12. The van der Waals surface area contributed by atoms with Crippen molar-refractivity contribution >= 4 is 5.91 Å². The van der Waals surface area contributed by atoms with Crippen molar-refractivity contribution in [3.8, 4) is 0 Å². The Morgan fingerprint density at radius 2 is 2.25 bits per heavy atom. The minimum atomic E-state index is -0.267. The molecule has 0 bridgehead atoms. The van der Waals surface area contributed by atoms with Gasteiger partial charge in [0.1, 0.15) is 6.10 Å². The van der Waals surface area contributed by atoms with Gasteiger partial charge in [-0.1, -0.05) is 6.07 Å². The van der Waals surface area contributed by atoms with Crippen LogP contribution in [0.4, 0.5) is 0 Å². The fraction of sp³-hybridized carbons (Fsp3) is 0.600. The zero-order valence-electron chi connectivity index (χ0n) is 11.7. The summed E-state index contributed by atoms with van der Waals surface area (Å²) in [6, 6.07) is 3.64. The molecule has 108 valence electrons. The van der Waals surface area contributed by atoms with Crippen LogP contribution >= 0.6 is 0 Å². The Kier molecular flexibility index (Phi) is 3.61. The van der Waals surface area contributed by atoms with Gasteiger partial charge in [0.15, 0.2) is 0 Å². The van der Waals surface area contributed by atoms with Crippen molar-refractivity contribution in [2.24, 2.45) is 7.05 Å². The molecule has 2 atom stereocenters. The van der Waals surface area contributed by atoms with Crippen molar-refractivity contribution in [1.82, 2.24) is 9.88 Å². The van der Waals surface area contributed by atoms with Crippen LogP contribution in [0.2, 0.25) is 0 Å². The Labute approximate surface area is 117 Å². The molecular weight excluding hydrogens is 256 g/mol. The summed E-state index contributed by atoms with van der Waals surface area (Å²) < 4.78 is 7.12. The van der Waals surface area contributed by atoms with Crippen LogP contribution in [0.3, 0.4) is 0 Å². The fourth-order valence-corrected chi connectivity index (χ4v) is 3.12.